The van der Waals surface area contributed by atoms with E-state index in [1.54, 1.807) is 4.31 Å². The second-order valence-corrected chi connectivity index (χ2v) is 8.44. The van der Waals surface area contributed by atoms with E-state index in [0.29, 0.717) is 6.54 Å². The van der Waals surface area contributed by atoms with Gasteiger partial charge in [-0.25, -0.2) is 8.42 Å². The lowest BCUT2D eigenvalue weighted by Gasteiger charge is -2.34. The Bertz CT molecular complexity index is 1010. The normalized spacial score (nSPS) is 18.7. The van der Waals surface area contributed by atoms with E-state index >= 15 is 0 Å². The van der Waals surface area contributed by atoms with Crippen molar-refractivity contribution in [1.82, 2.24) is 9.29 Å². The molecule has 0 radical (unpaired) electrons. The van der Waals surface area contributed by atoms with Gasteiger partial charge in [-0.3, -0.25) is 0 Å². The highest BCUT2D eigenvalue weighted by Crippen LogP contribution is 2.39. The zero-order valence-electron chi connectivity index (χ0n) is 13.8. The Morgan fingerprint density at radius 1 is 1.12 bits per heavy atom. The summed E-state index contributed by atoms with van der Waals surface area (Å²) in [6, 6.07) is 15.9. The second kappa shape index (κ2) is 5.46. The third-order valence-electron chi connectivity index (χ3n) is 4.78. The van der Waals surface area contributed by atoms with Gasteiger partial charge >= 0.3 is 0 Å². The number of hydrogen-bond donors (Lipinski definition) is 1. The zero-order chi connectivity index (χ0) is 16.9. The van der Waals surface area contributed by atoms with E-state index in [0.717, 1.165) is 23.2 Å². The van der Waals surface area contributed by atoms with Crippen LogP contribution in [0.4, 0.5) is 0 Å². The van der Waals surface area contributed by atoms with Crippen LogP contribution < -0.4 is 0 Å². The van der Waals surface area contributed by atoms with Crippen LogP contribution in [0.1, 0.15) is 28.4 Å². The summed E-state index contributed by atoms with van der Waals surface area (Å²) in [7, 11) is -3.30. The summed E-state index contributed by atoms with van der Waals surface area (Å²) in [5.41, 5.74) is 5.51. The van der Waals surface area contributed by atoms with Gasteiger partial charge < -0.3 is 4.98 Å². The molecule has 0 spiro atoms. The number of fused-ring (bicyclic) bond motifs is 3. The first-order valence-electron chi connectivity index (χ1n) is 8.08. The first-order chi connectivity index (χ1) is 11.4. The number of H-pyrrole nitrogens is 1. The maximum atomic E-state index is 12.4. The first kappa shape index (κ1) is 15.4. The summed E-state index contributed by atoms with van der Waals surface area (Å²) < 4.78 is 26.3. The maximum Gasteiger partial charge on any atom is 0.212 e. The average Bonchev–Trinajstić information content (AvgIpc) is 2.92. The predicted molar refractivity (Wildman–Crippen MR) is 96.6 cm³/mol. The van der Waals surface area contributed by atoms with E-state index in [2.05, 4.69) is 30.1 Å². The summed E-state index contributed by atoms with van der Waals surface area (Å²) in [6.07, 6.45) is 2.02. The second-order valence-electron chi connectivity index (χ2n) is 6.50. The fourth-order valence-corrected chi connectivity index (χ4v) is 4.74. The molecule has 0 bridgehead atoms. The van der Waals surface area contributed by atoms with Crippen LogP contribution in [0.5, 0.6) is 0 Å². The minimum atomic E-state index is -3.30. The highest BCUT2D eigenvalue weighted by atomic mass is 32.2. The van der Waals surface area contributed by atoms with Gasteiger partial charge in [-0.2, -0.15) is 4.31 Å². The van der Waals surface area contributed by atoms with Crippen molar-refractivity contribution in [2.45, 2.75) is 19.4 Å². The molecule has 4 nitrogen and oxygen atoms in total. The number of rotatable bonds is 2. The number of aromatic nitrogens is 1. The molecule has 1 unspecified atom stereocenters. The summed E-state index contributed by atoms with van der Waals surface area (Å²) >= 11 is 0. The first-order valence-corrected chi connectivity index (χ1v) is 9.93. The standard InChI is InChI=1S/C19H20N2O2S/c1-13-8-9-17-16(12-13)15-10-11-21(24(2,22)23)19(18(15)20-17)14-6-4-3-5-7-14/h3-9,12,19-20H,10-11H2,1-2H3. The molecule has 1 aliphatic rings. The van der Waals surface area contributed by atoms with Crippen LogP contribution in [0.15, 0.2) is 48.5 Å². The number of nitrogens with zero attached hydrogens (tertiary/aromatic N) is 1. The van der Waals surface area contributed by atoms with Gasteiger partial charge in [0.05, 0.1) is 12.3 Å². The minimum Gasteiger partial charge on any atom is -0.357 e. The van der Waals surface area contributed by atoms with Crippen LogP contribution in [0.3, 0.4) is 0 Å². The monoisotopic (exact) mass is 340 g/mol. The summed E-state index contributed by atoms with van der Waals surface area (Å²) in [6.45, 7) is 2.59. The molecule has 24 heavy (non-hydrogen) atoms. The lowest BCUT2D eigenvalue weighted by atomic mass is 9.94. The molecular formula is C19H20N2O2S. The lowest BCUT2D eigenvalue weighted by Crippen LogP contribution is -2.39. The fraction of sp³-hybridized carbons (Fsp3) is 0.263. The van der Waals surface area contributed by atoms with Gasteiger partial charge in [-0.05, 0) is 36.6 Å². The van der Waals surface area contributed by atoms with Crippen molar-refractivity contribution in [3.8, 4) is 0 Å². The molecule has 3 aromatic rings. The predicted octanol–water partition coefficient (Wildman–Crippen LogP) is 3.38. The smallest absolute Gasteiger partial charge is 0.212 e. The van der Waals surface area contributed by atoms with Crippen molar-refractivity contribution in [2.75, 3.05) is 12.8 Å². The quantitative estimate of drug-likeness (QED) is 0.777. The molecular weight excluding hydrogens is 320 g/mol. The Morgan fingerprint density at radius 3 is 2.58 bits per heavy atom. The lowest BCUT2D eigenvalue weighted by molar-refractivity contribution is 0.343. The van der Waals surface area contributed by atoms with Gasteiger partial charge in [0, 0.05) is 23.1 Å². The summed E-state index contributed by atoms with van der Waals surface area (Å²) in [4.78, 5) is 3.49. The van der Waals surface area contributed by atoms with E-state index in [4.69, 9.17) is 0 Å². The molecule has 1 N–H and O–H groups in total. The third-order valence-corrected chi connectivity index (χ3v) is 6.02. The van der Waals surface area contributed by atoms with Crippen molar-refractivity contribution in [3.63, 3.8) is 0 Å². The number of aryl methyl sites for hydroxylation is 1. The average molecular weight is 340 g/mol. The molecule has 0 saturated heterocycles. The SMILES string of the molecule is Cc1ccc2[nH]c3c(c2c1)CCN(S(C)(=O)=O)C3c1ccccc1. The number of sulfonamides is 1. The number of benzene rings is 2. The molecule has 0 amide bonds. The molecule has 124 valence electrons. The Hall–Kier alpha value is -2.11. The minimum absolute atomic E-state index is 0.294. The van der Waals surface area contributed by atoms with Gasteiger partial charge in [0.15, 0.2) is 0 Å². The molecule has 1 atom stereocenters. The van der Waals surface area contributed by atoms with Crippen LogP contribution >= 0.6 is 0 Å². The zero-order valence-corrected chi connectivity index (χ0v) is 14.6. The number of nitrogens with one attached hydrogen (secondary N) is 1. The Kier molecular flexibility index (Phi) is 3.51. The molecule has 2 heterocycles. The van der Waals surface area contributed by atoms with E-state index in [1.807, 2.05) is 30.3 Å². The molecule has 1 aliphatic heterocycles. The van der Waals surface area contributed by atoms with Gasteiger partial charge in [-0.1, -0.05) is 42.0 Å². The van der Waals surface area contributed by atoms with E-state index < -0.39 is 10.0 Å². The molecule has 0 aliphatic carbocycles. The van der Waals surface area contributed by atoms with Crippen LogP contribution in [0.25, 0.3) is 10.9 Å². The van der Waals surface area contributed by atoms with Gasteiger partial charge in [0.1, 0.15) is 0 Å². The Morgan fingerprint density at radius 2 is 1.88 bits per heavy atom. The van der Waals surface area contributed by atoms with Crippen molar-refractivity contribution >= 4 is 20.9 Å². The Balaban J connectivity index is 1.98. The molecule has 4 rings (SSSR count). The Labute approximate surface area is 142 Å². The van der Waals surface area contributed by atoms with E-state index in [1.165, 1.54) is 22.8 Å². The van der Waals surface area contributed by atoms with E-state index in [9.17, 15) is 8.42 Å². The van der Waals surface area contributed by atoms with Crippen molar-refractivity contribution < 1.29 is 8.42 Å². The van der Waals surface area contributed by atoms with Crippen molar-refractivity contribution in [2.24, 2.45) is 0 Å². The van der Waals surface area contributed by atoms with Crippen molar-refractivity contribution in [3.05, 3.63) is 70.9 Å². The van der Waals surface area contributed by atoms with Crippen molar-refractivity contribution in [1.29, 1.82) is 0 Å². The highest BCUT2D eigenvalue weighted by Gasteiger charge is 2.36. The summed E-state index contributed by atoms with van der Waals surface area (Å²) in [5, 5.41) is 1.21. The summed E-state index contributed by atoms with van der Waals surface area (Å²) in [5.74, 6) is 0. The third kappa shape index (κ3) is 2.44. The molecule has 5 heteroatoms. The van der Waals surface area contributed by atoms with Crippen LogP contribution in [0.2, 0.25) is 0 Å². The molecule has 0 fully saturated rings. The maximum absolute atomic E-state index is 12.4. The topological polar surface area (TPSA) is 53.2 Å². The molecule has 2 aromatic carbocycles. The molecule has 0 saturated carbocycles. The van der Waals surface area contributed by atoms with Crippen LogP contribution in [0, 0.1) is 6.92 Å². The highest BCUT2D eigenvalue weighted by molar-refractivity contribution is 7.88. The van der Waals surface area contributed by atoms with Gasteiger partial charge in [0.2, 0.25) is 10.0 Å². The fourth-order valence-electron chi connectivity index (χ4n) is 3.71. The van der Waals surface area contributed by atoms with E-state index in [-0.39, 0.29) is 6.04 Å². The number of aromatic amines is 1. The van der Waals surface area contributed by atoms with Crippen LogP contribution in [-0.4, -0.2) is 30.5 Å². The van der Waals surface area contributed by atoms with Gasteiger partial charge in [-0.15, -0.1) is 0 Å². The largest absolute Gasteiger partial charge is 0.357 e. The molecule has 1 aromatic heterocycles. The van der Waals surface area contributed by atoms with Crippen LogP contribution in [-0.2, 0) is 16.4 Å². The number of hydrogen-bond acceptors (Lipinski definition) is 2. The van der Waals surface area contributed by atoms with Gasteiger partial charge in [0.25, 0.3) is 0 Å².